The predicted octanol–water partition coefficient (Wildman–Crippen LogP) is 1.03. The van der Waals surface area contributed by atoms with Crippen LogP contribution in [0.1, 0.15) is 0 Å². The molecule has 0 atom stereocenters. The fourth-order valence-corrected chi connectivity index (χ4v) is 0.146. The fourth-order valence-electron chi connectivity index (χ4n) is 0.0713. The highest BCUT2D eigenvalue weighted by molar-refractivity contribution is 7.96. The van der Waals surface area contributed by atoms with Crippen molar-refractivity contribution in [2.24, 2.45) is 0 Å². The molecule has 0 amide bonds. The van der Waals surface area contributed by atoms with Crippen molar-refractivity contribution in [3.05, 3.63) is 0 Å². The van der Waals surface area contributed by atoms with Crippen LogP contribution >= 0.6 is 25.3 Å². The Balaban J connectivity index is 3.18. The lowest BCUT2D eigenvalue weighted by molar-refractivity contribution is -0.157. The van der Waals surface area contributed by atoms with E-state index in [1.807, 2.05) is 0 Å². The number of carbonyl (C=O) groups is 2. The van der Waals surface area contributed by atoms with Crippen LogP contribution in [0.15, 0.2) is 0 Å². The first kappa shape index (κ1) is 7.64. The molecule has 4 nitrogen and oxygen atoms in total. The minimum absolute atomic E-state index is 0.993. The van der Waals surface area contributed by atoms with Gasteiger partial charge in [-0.25, -0.2) is 19.4 Å². The van der Waals surface area contributed by atoms with Crippen LogP contribution in [0.2, 0.25) is 0 Å². The lowest BCUT2D eigenvalue weighted by Crippen LogP contribution is -1.97. The Morgan fingerprint density at radius 3 is 1.38 bits per heavy atom. The van der Waals surface area contributed by atoms with Crippen molar-refractivity contribution in [2.75, 3.05) is 0 Å². The molecular formula is C2H2O4S2. The first-order valence-corrected chi connectivity index (χ1v) is 2.32. The first-order chi connectivity index (χ1) is 3.63. The van der Waals surface area contributed by atoms with Crippen molar-refractivity contribution < 1.29 is 19.4 Å². The maximum atomic E-state index is 9.68. The van der Waals surface area contributed by atoms with E-state index in [1.54, 1.807) is 0 Å². The zero-order valence-electron chi connectivity index (χ0n) is 3.53. The Hall–Kier alpha value is -0.360. The first-order valence-electron chi connectivity index (χ1n) is 1.43. The Morgan fingerprint density at radius 1 is 1.00 bits per heavy atom. The van der Waals surface area contributed by atoms with Gasteiger partial charge in [0.2, 0.25) is 0 Å². The number of carbonyl (C=O) groups excluding carboxylic acids is 2. The lowest BCUT2D eigenvalue weighted by atomic mass is 11.6. The van der Waals surface area contributed by atoms with Crippen LogP contribution in [0, 0.1) is 0 Å². The highest BCUT2D eigenvalue weighted by Gasteiger charge is 1.97. The average Bonchev–Trinajstić information content (AvgIpc) is 1.61. The molecule has 0 aliphatic carbocycles. The Labute approximate surface area is 55.9 Å². The van der Waals surface area contributed by atoms with Gasteiger partial charge in [-0.15, -0.1) is 0 Å². The summed E-state index contributed by atoms with van der Waals surface area (Å²) in [7, 11) is 0. The van der Waals surface area contributed by atoms with E-state index in [9.17, 15) is 9.59 Å². The van der Waals surface area contributed by atoms with Crippen molar-refractivity contribution in [3.8, 4) is 0 Å². The second kappa shape index (κ2) is 3.62. The van der Waals surface area contributed by atoms with Gasteiger partial charge in [0.1, 0.15) is 0 Å². The zero-order valence-corrected chi connectivity index (χ0v) is 5.32. The highest BCUT2D eigenvalue weighted by Crippen LogP contribution is 1.91. The van der Waals surface area contributed by atoms with Crippen LogP contribution in [-0.2, 0) is 9.78 Å². The summed E-state index contributed by atoms with van der Waals surface area (Å²) in [5.74, 6) is 0. The summed E-state index contributed by atoms with van der Waals surface area (Å²) in [6.07, 6.45) is 0. The van der Waals surface area contributed by atoms with Gasteiger partial charge >= 0.3 is 10.6 Å². The Morgan fingerprint density at radius 2 is 1.25 bits per heavy atom. The van der Waals surface area contributed by atoms with E-state index in [0.717, 1.165) is 0 Å². The van der Waals surface area contributed by atoms with E-state index in [0.29, 0.717) is 0 Å². The summed E-state index contributed by atoms with van der Waals surface area (Å²) >= 11 is 6.20. The SMILES string of the molecule is O=C(S)OOC(=O)S. The van der Waals surface area contributed by atoms with Gasteiger partial charge in [0.15, 0.2) is 0 Å². The molecular weight excluding hydrogens is 152 g/mol. The van der Waals surface area contributed by atoms with Gasteiger partial charge in [-0.2, -0.15) is 0 Å². The van der Waals surface area contributed by atoms with Gasteiger partial charge in [-0.1, -0.05) is 25.3 Å². The molecule has 8 heavy (non-hydrogen) atoms. The molecule has 0 unspecified atom stereocenters. The van der Waals surface area contributed by atoms with Gasteiger partial charge in [-0.3, -0.25) is 0 Å². The molecule has 0 saturated carbocycles. The third kappa shape index (κ3) is 5.64. The number of hydrogen-bond donors (Lipinski definition) is 2. The van der Waals surface area contributed by atoms with Crippen molar-refractivity contribution in [1.82, 2.24) is 0 Å². The average molecular weight is 154 g/mol. The van der Waals surface area contributed by atoms with Gasteiger partial charge in [0.25, 0.3) is 0 Å². The monoisotopic (exact) mass is 154 g/mol. The summed E-state index contributed by atoms with van der Waals surface area (Å²) in [5, 5.41) is -1.99. The molecule has 0 bridgehead atoms. The minimum Gasteiger partial charge on any atom is -0.234 e. The van der Waals surface area contributed by atoms with Crippen molar-refractivity contribution in [1.29, 1.82) is 0 Å². The lowest BCUT2D eigenvalue weighted by Gasteiger charge is -1.91. The fraction of sp³-hybridized carbons (Fsp3) is 0. The van der Waals surface area contributed by atoms with Crippen LogP contribution in [0.5, 0.6) is 0 Å². The van der Waals surface area contributed by atoms with E-state index in [-0.39, 0.29) is 0 Å². The van der Waals surface area contributed by atoms with Crippen LogP contribution in [0.4, 0.5) is 9.59 Å². The quantitative estimate of drug-likeness (QED) is 0.311. The van der Waals surface area contributed by atoms with E-state index >= 15 is 0 Å². The highest BCUT2D eigenvalue weighted by atomic mass is 32.1. The second-order valence-electron chi connectivity index (χ2n) is 0.698. The van der Waals surface area contributed by atoms with Gasteiger partial charge in [0.05, 0.1) is 0 Å². The molecule has 0 aliphatic rings. The summed E-state index contributed by atoms with van der Waals surface area (Å²) in [5.41, 5.74) is 0. The number of hydrogen-bond acceptors (Lipinski definition) is 4. The van der Waals surface area contributed by atoms with Crippen molar-refractivity contribution in [3.63, 3.8) is 0 Å². The minimum atomic E-state index is -0.993. The largest absolute Gasteiger partial charge is 0.410 e. The van der Waals surface area contributed by atoms with E-state index in [4.69, 9.17) is 0 Å². The van der Waals surface area contributed by atoms with Crippen molar-refractivity contribution >= 4 is 35.9 Å². The number of rotatable bonds is 0. The van der Waals surface area contributed by atoms with Gasteiger partial charge < -0.3 is 0 Å². The molecule has 0 heterocycles. The van der Waals surface area contributed by atoms with E-state index in [2.05, 4.69) is 35.0 Å². The number of thiol groups is 2. The summed E-state index contributed by atoms with van der Waals surface area (Å²) in [6.45, 7) is 0. The summed E-state index contributed by atoms with van der Waals surface area (Å²) in [4.78, 5) is 26.6. The van der Waals surface area contributed by atoms with Crippen LogP contribution in [-0.4, -0.2) is 10.6 Å². The molecule has 0 aromatic carbocycles. The van der Waals surface area contributed by atoms with Crippen LogP contribution < -0.4 is 0 Å². The molecule has 0 aromatic heterocycles. The Bertz CT molecular complexity index is 96.6. The molecule has 0 fully saturated rings. The van der Waals surface area contributed by atoms with E-state index in [1.165, 1.54) is 0 Å². The maximum absolute atomic E-state index is 9.68. The standard InChI is InChI=1S/C2H2O4S2/c3-1(7)5-6-2(4)8/h(H,3,7)(H,4,8). The molecule has 46 valence electrons. The van der Waals surface area contributed by atoms with E-state index < -0.39 is 10.6 Å². The molecule has 0 aliphatic heterocycles. The van der Waals surface area contributed by atoms with Gasteiger partial charge in [0, 0.05) is 0 Å². The van der Waals surface area contributed by atoms with Gasteiger partial charge in [-0.05, 0) is 0 Å². The molecule has 0 rings (SSSR count). The third-order valence-electron chi connectivity index (χ3n) is 0.184. The normalized spacial score (nSPS) is 7.75. The topological polar surface area (TPSA) is 52.6 Å². The van der Waals surface area contributed by atoms with Crippen LogP contribution in [0.3, 0.4) is 0 Å². The third-order valence-corrected chi connectivity index (χ3v) is 0.333. The molecule has 6 heteroatoms. The zero-order chi connectivity index (χ0) is 6.57. The molecule has 0 aromatic rings. The summed E-state index contributed by atoms with van der Waals surface area (Å²) in [6, 6.07) is 0. The summed E-state index contributed by atoms with van der Waals surface area (Å²) < 4.78 is 0. The second-order valence-corrected chi connectivity index (χ2v) is 1.43. The maximum Gasteiger partial charge on any atom is 0.410 e. The molecule has 0 radical (unpaired) electrons. The predicted molar refractivity (Wildman–Crippen MR) is 30.9 cm³/mol. The molecule has 0 saturated heterocycles. The van der Waals surface area contributed by atoms with Crippen LogP contribution in [0.25, 0.3) is 0 Å². The smallest absolute Gasteiger partial charge is 0.234 e. The Kier molecular flexibility index (Phi) is 3.46. The van der Waals surface area contributed by atoms with Crippen molar-refractivity contribution in [2.45, 2.75) is 0 Å². The molecule has 0 spiro atoms. The molecule has 0 N–H and O–H groups in total.